The maximum absolute atomic E-state index is 13.8. The number of carbonyl (C=O) groups excluding carboxylic acids is 1. The monoisotopic (exact) mass is 477 g/mol. The summed E-state index contributed by atoms with van der Waals surface area (Å²) in [5, 5.41) is 2.36. The zero-order valence-electron chi connectivity index (χ0n) is 18.7. The number of amides is 1. The standard InChI is InChI=1S/C26H22F3N5O/c27-26(28,29)23-8-4-17-20(32-23)6-7-22(17)34(13-14-1-2-14)25(35)15-3-5-21-18(11-15)19-12-31-10-9-16(19)24(30)33-21/h3-5,8-12,14,22H,1-2,6-7,13H2,(H2,30,33)/t22-/m1/s1. The molecular formula is C26H22F3N5O. The van der Waals surface area contributed by atoms with Crippen LogP contribution in [0.1, 0.15) is 52.6 Å². The zero-order chi connectivity index (χ0) is 24.3. The second-order valence-electron chi connectivity index (χ2n) is 9.34. The van der Waals surface area contributed by atoms with Gasteiger partial charge in [-0.2, -0.15) is 13.2 Å². The van der Waals surface area contributed by atoms with E-state index in [4.69, 9.17) is 5.73 Å². The lowest BCUT2D eigenvalue weighted by molar-refractivity contribution is -0.141. The van der Waals surface area contributed by atoms with Crippen molar-refractivity contribution in [3.63, 3.8) is 0 Å². The van der Waals surface area contributed by atoms with E-state index in [2.05, 4.69) is 15.0 Å². The summed E-state index contributed by atoms with van der Waals surface area (Å²) in [6.07, 6.45) is 1.93. The van der Waals surface area contributed by atoms with Crippen molar-refractivity contribution in [2.24, 2.45) is 5.92 Å². The average Bonchev–Trinajstić information content (AvgIpc) is 3.58. The number of hydrogen-bond acceptors (Lipinski definition) is 5. The summed E-state index contributed by atoms with van der Waals surface area (Å²) in [5.41, 5.74) is 7.52. The molecule has 1 amide bonds. The summed E-state index contributed by atoms with van der Waals surface area (Å²) in [5.74, 6) is 0.667. The third kappa shape index (κ3) is 3.84. The summed E-state index contributed by atoms with van der Waals surface area (Å²) in [7, 11) is 0. The number of pyridine rings is 3. The van der Waals surface area contributed by atoms with Crippen LogP contribution in [0.3, 0.4) is 0 Å². The fraction of sp³-hybridized carbons (Fsp3) is 0.308. The van der Waals surface area contributed by atoms with E-state index in [-0.39, 0.29) is 11.9 Å². The first kappa shape index (κ1) is 21.8. The van der Waals surface area contributed by atoms with Crippen LogP contribution >= 0.6 is 0 Å². The molecule has 6 rings (SSSR count). The Morgan fingerprint density at radius 1 is 1.03 bits per heavy atom. The van der Waals surface area contributed by atoms with Gasteiger partial charge in [-0.05, 0) is 67.5 Å². The Bertz CT molecular complexity index is 1480. The van der Waals surface area contributed by atoms with Crippen LogP contribution in [0, 0.1) is 5.92 Å². The van der Waals surface area contributed by atoms with E-state index in [1.165, 1.54) is 6.07 Å². The Morgan fingerprint density at radius 2 is 1.86 bits per heavy atom. The van der Waals surface area contributed by atoms with Gasteiger partial charge >= 0.3 is 6.18 Å². The maximum atomic E-state index is 13.8. The summed E-state index contributed by atoms with van der Waals surface area (Å²) in [4.78, 5) is 28.2. The van der Waals surface area contributed by atoms with Crippen molar-refractivity contribution in [2.45, 2.75) is 37.9 Å². The van der Waals surface area contributed by atoms with Crippen LogP contribution in [0.2, 0.25) is 0 Å². The Morgan fingerprint density at radius 3 is 2.63 bits per heavy atom. The number of carbonyl (C=O) groups is 1. The molecule has 0 aliphatic heterocycles. The SMILES string of the molecule is Nc1nc2ccc(C(=O)N(CC3CC3)[C@@H]3CCc4nc(C(F)(F)F)ccc43)cc2c2cnccc12. The molecule has 4 aromatic rings. The molecule has 1 aromatic carbocycles. The van der Waals surface area contributed by atoms with Crippen molar-refractivity contribution in [3.05, 3.63) is 71.3 Å². The van der Waals surface area contributed by atoms with Crippen molar-refractivity contribution in [3.8, 4) is 0 Å². The number of aryl methyl sites for hydroxylation is 1. The van der Waals surface area contributed by atoms with Gasteiger partial charge < -0.3 is 10.6 Å². The zero-order valence-corrected chi connectivity index (χ0v) is 18.7. The molecule has 0 saturated heterocycles. The number of alkyl halides is 3. The minimum absolute atomic E-state index is 0.148. The number of aromatic nitrogens is 3. The first-order valence-electron chi connectivity index (χ1n) is 11.6. The lowest BCUT2D eigenvalue weighted by atomic mass is 10.0. The largest absolute Gasteiger partial charge is 0.433 e. The molecule has 3 heterocycles. The summed E-state index contributed by atoms with van der Waals surface area (Å²) in [6.45, 7) is 0.574. The van der Waals surface area contributed by atoms with E-state index < -0.39 is 11.9 Å². The van der Waals surface area contributed by atoms with Crippen LogP contribution < -0.4 is 5.73 Å². The van der Waals surface area contributed by atoms with Crippen LogP contribution in [0.5, 0.6) is 0 Å². The molecule has 1 saturated carbocycles. The summed E-state index contributed by atoms with van der Waals surface area (Å²) in [6, 6.07) is 9.33. The third-order valence-corrected chi connectivity index (χ3v) is 6.97. The molecule has 2 N–H and O–H groups in total. The molecule has 0 radical (unpaired) electrons. The highest BCUT2D eigenvalue weighted by molar-refractivity contribution is 6.11. The summed E-state index contributed by atoms with van der Waals surface area (Å²) >= 11 is 0. The smallest absolute Gasteiger partial charge is 0.383 e. The number of fused-ring (bicyclic) bond motifs is 4. The van der Waals surface area contributed by atoms with Crippen molar-refractivity contribution in [1.82, 2.24) is 19.9 Å². The molecule has 6 nitrogen and oxygen atoms in total. The topological polar surface area (TPSA) is 85.0 Å². The Kier molecular flexibility index (Phi) is 4.91. The van der Waals surface area contributed by atoms with Gasteiger partial charge in [0.15, 0.2) is 0 Å². The first-order chi connectivity index (χ1) is 16.8. The molecule has 0 unspecified atom stereocenters. The number of hydrogen-bond donors (Lipinski definition) is 1. The van der Waals surface area contributed by atoms with E-state index in [1.54, 1.807) is 30.6 Å². The van der Waals surface area contributed by atoms with E-state index in [9.17, 15) is 18.0 Å². The van der Waals surface area contributed by atoms with E-state index in [0.717, 1.165) is 35.1 Å². The highest BCUT2D eigenvalue weighted by Gasteiger charge is 2.39. The minimum atomic E-state index is -4.49. The Balaban J connectivity index is 1.40. The summed E-state index contributed by atoms with van der Waals surface area (Å²) < 4.78 is 39.5. The number of benzene rings is 1. The molecule has 1 fully saturated rings. The second kappa shape index (κ2) is 7.90. The lowest BCUT2D eigenvalue weighted by Gasteiger charge is -2.30. The second-order valence-corrected chi connectivity index (χ2v) is 9.34. The number of anilines is 1. The van der Waals surface area contributed by atoms with Crippen LogP contribution in [-0.2, 0) is 12.6 Å². The number of halogens is 3. The molecule has 2 aliphatic rings. The molecule has 3 aromatic heterocycles. The molecular weight excluding hydrogens is 455 g/mol. The van der Waals surface area contributed by atoms with Gasteiger partial charge in [0.25, 0.3) is 5.91 Å². The lowest BCUT2D eigenvalue weighted by Crippen LogP contribution is -2.35. The first-order valence-corrected chi connectivity index (χ1v) is 11.6. The average molecular weight is 477 g/mol. The van der Waals surface area contributed by atoms with Gasteiger partial charge in [0.2, 0.25) is 0 Å². The number of nitrogens with two attached hydrogens (primary N) is 1. The van der Waals surface area contributed by atoms with Crippen LogP contribution in [0.4, 0.5) is 19.0 Å². The van der Waals surface area contributed by atoms with Crippen LogP contribution in [-0.4, -0.2) is 32.3 Å². The predicted molar refractivity (Wildman–Crippen MR) is 126 cm³/mol. The molecule has 2 aliphatic carbocycles. The Labute approximate surface area is 199 Å². The fourth-order valence-corrected chi connectivity index (χ4v) is 5.03. The fourth-order valence-electron chi connectivity index (χ4n) is 5.03. The number of rotatable bonds is 4. The van der Waals surface area contributed by atoms with Crippen LogP contribution in [0.15, 0.2) is 48.8 Å². The van der Waals surface area contributed by atoms with Crippen molar-refractivity contribution < 1.29 is 18.0 Å². The number of nitrogen functional groups attached to an aromatic ring is 1. The quantitative estimate of drug-likeness (QED) is 0.402. The third-order valence-electron chi connectivity index (χ3n) is 6.97. The predicted octanol–water partition coefficient (Wildman–Crippen LogP) is 5.32. The highest BCUT2D eigenvalue weighted by atomic mass is 19.4. The normalized spacial score (nSPS) is 17.6. The van der Waals surface area contributed by atoms with Gasteiger partial charge in [-0.3, -0.25) is 9.78 Å². The van der Waals surface area contributed by atoms with Crippen molar-refractivity contribution >= 4 is 33.4 Å². The van der Waals surface area contributed by atoms with Gasteiger partial charge in [0, 0.05) is 46.4 Å². The van der Waals surface area contributed by atoms with Gasteiger partial charge in [0.05, 0.1) is 11.6 Å². The van der Waals surface area contributed by atoms with Gasteiger partial charge in [-0.1, -0.05) is 6.07 Å². The molecule has 178 valence electrons. The molecule has 1 atom stereocenters. The van der Waals surface area contributed by atoms with E-state index in [1.807, 2.05) is 11.0 Å². The van der Waals surface area contributed by atoms with Gasteiger partial charge in [-0.25, -0.2) is 9.97 Å². The van der Waals surface area contributed by atoms with Gasteiger partial charge in [0.1, 0.15) is 11.5 Å². The van der Waals surface area contributed by atoms with Crippen LogP contribution in [0.25, 0.3) is 21.7 Å². The molecule has 0 bridgehead atoms. The maximum Gasteiger partial charge on any atom is 0.433 e. The minimum Gasteiger partial charge on any atom is -0.383 e. The van der Waals surface area contributed by atoms with E-state index in [0.29, 0.717) is 53.5 Å². The Hall–Kier alpha value is -3.75. The van der Waals surface area contributed by atoms with Crippen molar-refractivity contribution in [1.29, 1.82) is 0 Å². The number of nitrogens with zero attached hydrogens (tertiary/aromatic N) is 4. The van der Waals surface area contributed by atoms with Crippen molar-refractivity contribution in [2.75, 3.05) is 12.3 Å². The van der Waals surface area contributed by atoms with E-state index >= 15 is 0 Å². The molecule has 35 heavy (non-hydrogen) atoms. The van der Waals surface area contributed by atoms with Gasteiger partial charge in [-0.15, -0.1) is 0 Å². The molecule has 0 spiro atoms. The molecule has 9 heteroatoms. The highest BCUT2D eigenvalue weighted by Crippen LogP contribution is 2.41.